The third-order valence-electron chi connectivity index (χ3n) is 11.0. The Morgan fingerprint density at radius 3 is 2.35 bits per heavy atom. The molecule has 4 atom stereocenters. The average molecular weight is 764 g/mol. The summed E-state index contributed by atoms with van der Waals surface area (Å²) in [6, 6.07) is 14.0. The van der Waals surface area contributed by atoms with Gasteiger partial charge in [-0.15, -0.1) is 0 Å². The minimum absolute atomic E-state index is 0.0744. The molecule has 6 heterocycles. The van der Waals surface area contributed by atoms with Crippen molar-refractivity contribution in [2.75, 3.05) is 31.1 Å². The van der Waals surface area contributed by atoms with Gasteiger partial charge in [-0.1, -0.05) is 37.6 Å². The van der Waals surface area contributed by atoms with E-state index in [1.54, 1.807) is 28.9 Å². The molecule has 284 valence electrons. The van der Waals surface area contributed by atoms with Crippen molar-refractivity contribution in [3.8, 4) is 22.9 Å². The number of imide groups is 1. The molecule has 0 spiro atoms. The second-order valence-electron chi connectivity index (χ2n) is 15.1. The van der Waals surface area contributed by atoms with E-state index in [-0.39, 0.29) is 35.5 Å². The van der Waals surface area contributed by atoms with E-state index in [0.717, 1.165) is 35.6 Å². The molecule has 3 fully saturated rings. The third kappa shape index (κ3) is 7.13. The van der Waals surface area contributed by atoms with E-state index in [9.17, 15) is 19.2 Å². The van der Waals surface area contributed by atoms with Gasteiger partial charge in [0, 0.05) is 68.9 Å². The molecular formula is C40H42ClN9O5. The highest BCUT2D eigenvalue weighted by molar-refractivity contribution is 6.32. The number of imidazole rings is 1. The van der Waals surface area contributed by atoms with Crippen LogP contribution in [0.3, 0.4) is 0 Å². The fraction of sp³-hybridized carbons (Fsp3) is 0.375. The summed E-state index contributed by atoms with van der Waals surface area (Å²) < 4.78 is 7.91. The maximum Gasteiger partial charge on any atom is 0.251 e. The van der Waals surface area contributed by atoms with Crippen LogP contribution >= 0.6 is 11.6 Å². The summed E-state index contributed by atoms with van der Waals surface area (Å²) in [5.41, 5.74) is 5.01. The zero-order valence-electron chi connectivity index (χ0n) is 31.0. The molecule has 2 aromatic carbocycles. The number of aryl methyl sites for hydroxylation is 2. The predicted molar refractivity (Wildman–Crippen MR) is 206 cm³/mol. The van der Waals surface area contributed by atoms with Crippen LogP contribution in [-0.4, -0.2) is 85.5 Å². The number of piperidine rings is 1. The predicted octanol–water partition coefficient (Wildman–Crippen LogP) is 4.98. The van der Waals surface area contributed by atoms with Crippen molar-refractivity contribution < 1.29 is 23.9 Å². The Labute approximate surface area is 322 Å². The van der Waals surface area contributed by atoms with E-state index in [1.165, 1.54) is 6.20 Å². The number of hydrogen-bond acceptors (Lipinski definition) is 9. The van der Waals surface area contributed by atoms with Gasteiger partial charge in [-0.25, -0.2) is 9.97 Å². The maximum atomic E-state index is 13.9. The lowest BCUT2D eigenvalue weighted by molar-refractivity contribution is -0.135. The standard InChI is InChI=1S/C40H42ClN9O5/c1-21(2)33(40(54)50-18-25-16-49(17-26(25)19-50)27-9-5-23(6-10-27)29-13-14-32(51)43-39(29)53)45-38(52)24-7-11-28(12-8-24)55-35-31(41)15-42-37-34(35)44-36(46-37)30-20-48(4)47-22(30)3/h5-12,15,20-21,25-26,29,33H,13-14,16-19H2,1-4H3,(H,45,52)(H,42,44,46)(H,43,51,53)/t25?,26?,29-,33+/m0/s1. The summed E-state index contributed by atoms with van der Waals surface area (Å²) in [5.74, 6) is 0.736. The molecular weight excluding hydrogens is 722 g/mol. The topological polar surface area (TPSA) is 167 Å². The molecule has 0 saturated carbocycles. The second-order valence-corrected chi connectivity index (χ2v) is 15.5. The highest BCUT2D eigenvalue weighted by Gasteiger charge is 2.43. The number of ether oxygens (including phenoxy) is 1. The lowest BCUT2D eigenvalue weighted by Crippen LogP contribution is -2.51. The van der Waals surface area contributed by atoms with Crippen LogP contribution in [0.1, 0.15) is 54.2 Å². The van der Waals surface area contributed by atoms with E-state index < -0.39 is 6.04 Å². The number of fused-ring (bicyclic) bond motifs is 2. The molecule has 0 bridgehead atoms. The van der Waals surface area contributed by atoms with Gasteiger partial charge in [0.25, 0.3) is 5.91 Å². The summed E-state index contributed by atoms with van der Waals surface area (Å²) in [4.78, 5) is 67.7. The Morgan fingerprint density at radius 2 is 1.71 bits per heavy atom. The number of aromatic amines is 1. The Morgan fingerprint density at radius 1 is 1.00 bits per heavy atom. The molecule has 2 unspecified atom stereocenters. The minimum atomic E-state index is -0.680. The van der Waals surface area contributed by atoms with E-state index >= 15 is 0 Å². The molecule has 3 aliphatic rings. The first-order chi connectivity index (χ1) is 26.4. The van der Waals surface area contributed by atoms with Gasteiger partial charge < -0.3 is 24.8 Å². The van der Waals surface area contributed by atoms with Crippen LogP contribution in [0, 0.1) is 24.7 Å². The van der Waals surface area contributed by atoms with Crippen LogP contribution in [0.25, 0.3) is 22.6 Å². The van der Waals surface area contributed by atoms with Crippen molar-refractivity contribution in [1.29, 1.82) is 0 Å². The van der Waals surface area contributed by atoms with E-state index in [1.807, 2.05) is 63.2 Å². The Bertz CT molecular complexity index is 2290. The lowest BCUT2D eigenvalue weighted by Gasteiger charge is -2.29. The van der Waals surface area contributed by atoms with Gasteiger partial charge in [-0.2, -0.15) is 5.10 Å². The average Bonchev–Trinajstić information content (AvgIpc) is 3.94. The number of nitrogens with one attached hydrogen (secondary N) is 3. The molecule has 3 saturated heterocycles. The zero-order chi connectivity index (χ0) is 38.5. The Kier molecular flexibility index (Phi) is 9.53. The number of aromatic nitrogens is 5. The fourth-order valence-corrected chi connectivity index (χ4v) is 8.19. The first-order valence-corrected chi connectivity index (χ1v) is 18.9. The number of amides is 4. The first kappa shape index (κ1) is 36.2. The molecule has 3 aromatic heterocycles. The van der Waals surface area contributed by atoms with Gasteiger partial charge in [0.2, 0.25) is 17.7 Å². The molecule has 3 N–H and O–H groups in total. The summed E-state index contributed by atoms with van der Waals surface area (Å²) >= 11 is 6.53. The SMILES string of the molecule is Cc1nn(C)cc1-c1nc2ncc(Cl)c(Oc3ccc(C(=O)N[C@@H](C(=O)N4CC5CN(c6ccc([C@@H]7CCC(=O)NC7=O)cc6)CC5C4)C(C)C)cc3)c2[nH]1. The number of anilines is 1. The number of benzene rings is 2. The summed E-state index contributed by atoms with van der Waals surface area (Å²) in [7, 11) is 1.84. The molecule has 3 aliphatic heterocycles. The van der Waals surface area contributed by atoms with Crippen LogP contribution in [0.15, 0.2) is 60.9 Å². The Balaban J connectivity index is 0.879. The second kappa shape index (κ2) is 14.5. The van der Waals surface area contributed by atoms with Gasteiger partial charge in [-0.3, -0.25) is 29.2 Å². The highest BCUT2D eigenvalue weighted by atomic mass is 35.5. The van der Waals surface area contributed by atoms with Crippen molar-refractivity contribution in [2.24, 2.45) is 24.8 Å². The number of hydrogen-bond donors (Lipinski definition) is 3. The smallest absolute Gasteiger partial charge is 0.251 e. The van der Waals surface area contributed by atoms with Crippen LogP contribution in [0.4, 0.5) is 5.69 Å². The molecule has 8 rings (SSSR count). The van der Waals surface area contributed by atoms with Crippen molar-refractivity contribution in [3.63, 3.8) is 0 Å². The van der Waals surface area contributed by atoms with Gasteiger partial charge in [0.15, 0.2) is 11.4 Å². The van der Waals surface area contributed by atoms with Crippen LogP contribution in [0.5, 0.6) is 11.5 Å². The molecule has 0 radical (unpaired) electrons. The number of pyridine rings is 1. The zero-order valence-corrected chi connectivity index (χ0v) is 31.8. The van der Waals surface area contributed by atoms with Gasteiger partial charge in [-0.05, 0) is 61.2 Å². The normalized spacial score (nSPS) is 20.2. The third-order valence-corrected chi connectivity index (χ3v) is 11.2. The summed E-state index contributed by atoms with van der Waals surface area (Å²) in [5, 5.41) is 10.1. The quantitative estimate of drug-likeness (QED) is 0.176. The number of likely N-dealkylation sites (tertiary alicyclic amines) is 1. The number of carbonyl (C=O) groups excluding carboxylic acids is 4. The highest BCUT2D eigenvalue weighted by Crippen LogP contribution is 2.37. The van der Waals surface area contributed by atoms with Crippen molar-refractivity contribution in [2.45, 2.75) is 45.6 Å². The summed E-state index contributed by atoms with van der Waals surface area (Å²) in [6.45, 7) is 8.68. The number of nitrogens with zero attached hydrogens (tertiary/aromatic N) is 6. The molecule has 4 amide bonds. The van der Waals surface area contributed by atoms with Crippen molar-refractivity contribution in [3.05, 3.63) is 82.8 Å². The van der Waals surface area contributed by atoms with Crippen LogP contribution in [0.2, 0.25) is 5.02 Å². The van der Waals surface area contributed by atoms with E-state index in [4.69, 9.17) is 16.3 Å². The number of H-pyrrole nitrogens is 1. The molecule has 14 nitrogen and oxygen atoms in total. The van der Waals surface area contributed by atoms with E-state index in [0.29, 0.717) is 76.8 Å². The van der Waals surface area contributed by atoms with Gasteiger partial charge in [0.05, 0.1) is 23.4 Å². The molecule has 5 aromatic rings. The van der Waals surface area contributed by atoms with Crippen LogP contribution in [-0.2, 0) is 21.4 Å². The molecule has 15 heteroatoms. The monoisotopic (exact) mass is 763 g/mol. The summed E-state index contributed by atoms with van der Waals surface area (Å²) in [6.07, 6.45) is 4.23. The first-order valence-electron chi connectivity index (χ1n) is 18.5. The minimum Gasteiger partial charge on any atom is -0.453 e. The maximum absolute atomic E-state index is 13.9. The van der Waals surface area contributed by atoms with Crippen LogP contribution < -0.4 is 20.3 Å². The van der Waals surface area contributed by atoms with E-state index in [2.05, 4.69) is 35.6 Å². The lowest BCUT2D eigenvalue weighted by atomic mass is 9.90. The fourth-order valence-electron chi connectivity index (χ4n) is 8.01. The number of halogens is 1. The van der Waals surface area contributed by atoms with Crippen molar-refractivity contribution in [1.82, 2.24) is 40.3 Å². The molecule has 0 aliphatic carbocycles. The Hall–Kier alpha value is -5.76. The largest absolute Gasteiger partial charge is 0.453 e. The number of rotatable bonds is 9. The number of carbonyl (C=O) groups is 4. The van der Waals surface area contributed by atoms with Gasteiger partial charge in [0.1, 0.15) is 28.2 Å². The van der Waals surface area contributed by atoms with Gasteiger partial charge >= 0.3 is 0 Å². The van der Waals surface area contributed by atoms with Crippen molar-refractivity contribution >= 4 is 52.1 Å². The molecule has 55 heavy (non-hydrogen) atoms.